The molecule has 0 bridgehead atoms. The highest BCUT2D eigenvalue weighted by molar-refractivity contribution is 6.47. The van der Waals surface area contributed by atoms with Crippen molar-refractivity contribution >= 4 is 40.7 Å². The normalized spacial score (nSPS) is 21.2. The SMILES string of the molecule is Cc1[nH]c(C)c(/C(O)=C2\C(=O)C(=O)N(CCN3CCCCC3)C2c2ccc(Cl)c(Cl)c2)c1C. The Balaban J connectivity index is 1.80. The largest absolute Gasteiger partial charge is 0.507 e. The van der Waals surface area contributed by atoms with E-state index in [-0.39, 0.29) is 11.3 Å². The van der Waals surface area contributed by atoms with Crippen LogP contribution in [0.25, 0.3) is 5.76 Å². The molecule has 6 nitrogen and oxygen atoms in total. The molecular weight excluding hydrogens is 461 g/mol. The van der Waals surface area contributed by atoms with Crippen molar-refractivity contribution in [3.05, 3.63) is 61.9 Å². The van der Waals surface area contributed by atoms with E-state index in [1.807, 2.05) is 20.8 Å². The Morgan fingerprint density at radius 3 is 2.33 bits per heavy atom. The quantitative estimate of drug-likeness (QED) is 0.345. The van der Waals surface area contributed by atoms with Gasteiger partial charge in [-0.05, 0) is 70.0 Å². The van der Waals surface area contributed by atoms with E-state index in [0.29, 0.717) is 34.3 Å². The van der Waals surface area contributed by atoms with E-state index in [0.717, 1.165) is 42.9 Å². The molecule has 1 atom stereocenters. The number of aromatic nitrogens is 1. The predicted octanol–water partition coefficient (Wildman–Crippen LogP) is 5.15. The summed E-state index contributed by atoms with van der Waals surface area (Å²) in [6, 6.07) is 4.34. The Labute approximate surface area is 204 Å². The number of aryl methyl sites for hydroxylation is 2. The van der Waals surface area contributed by atoms with Crippen LogP contribution in [-0.4, -0.2) is 57.8 Å². The van der Waals surface area contributed by atoms with E-state index in [4.69, 9.17) is 23.2 Å². The number of carbonyl (C=O) groups excluding carboxylic acids is 2. The van der Waals surface area contributed by atoms with Crippen LogP contribution in [0.15, 0.2) is 23.8 Å². The lowest BCUT2D eigenvalue weighted by Crippen LogP contribution is -2.40. The number of hydrogen-bond donors (Lipinski definition) is 2. The second kappa shape index (κ2) is 9.53. The number of carbonyl (C=O) groups is 2. The summed E-state index contributed by atoms with van der Waals surface area (Å²) < 4.78 is 0. The van der Waals surface area contributed by atoms with Crippen LogP contribution in [-0.2, 0) is 9.59 Å². The van der Waals surface area contributed by atoms with Crippen molar-refractivity contribution in [2.45, 2.75) is 46.1 Å². The number of nitrogens with one attached hydrogen (secondary N) is 1. The molecule has 0 saturated carbocycles. The minimum atomic E-state index is -0.737. The number of piperidine rings is 1. The molecule has 2 aliphatic rings. The third kappa shape index (κ3) is 4.44. The van der Waals surface area contributed by atoms with Crippen LogP contribution in [0.3, 0.4) is 0 Å². The Hall–Kier alpha value is -2.28. The highest BCUT2D eigenvalue weighted by Crippen LogP contribution is 2.42. The summed E-state index contributed by atoms with van der Waals surface area (Å²) in [7, 11) is 0. The first-order valence-electron chi connectivity index (χ1n) is 11.3. The number of Topliss-reactive ketones (excluding diaryl/α,β-unsaturated/α-hetero) is 1. The lowest BCUT2D eigenvalue weighted by atomic mass is 9.94. The lowest BCUT2D eigenvalue weighted by Gasteiger charge is -2.31. The lowest BCUT2D eigenvalue weighted by molar-refractivity contribution is -0.140. The van der Waals surface area contributed by atoms with E-state index in [1.54, 1.807) is 23.1 Å². The Morgan fingerprint density at radius 1 is 1.03 bits per heavy atom. The highest BCUT2D eigenvalue weighted by Gasteiger charge is 2.46. The molecule has 2 saturated heterocycles. The summed E-state index contributed by atoms with van der Waals surface area (Å²) in [5.74, 6) is -1.45. The number of nitrogens with zero attached hydrogens (tertiary/aromatic N) is 2. The van der Waals surface area contributed by atoms with Gasteiger partial charge < -0.3 is 19.9 Å². The Bertz CT molecular complexity index is 1130. The number of likely N-dealkylation sites (tertiary alicyclic amines) is 2. The summed E-state index contributed by atoms with van der Waals surface area (Å²) in [4.78, 5) is 33.5. The number of halogens is 2. The van der Waals surface area contributed by atoms with Gasteiger partial charge in [0.2, 0.25) is 0 Å². The molecule has 0 spiro atoms. The van der Waals surface area contributed by atoms with E-state index < -0.39 is 17.7 Å². The number of amides is 1. The fraction of sp³-hybridized carbons (Fsp3) is 0.440. The topological polar surface area (TPSA) is 76.6 Å². The summed E-state index contributed by atoms with van der Waals surface area (Å²) >= 11 is 12.4. The number of benzene rings is 1. The van der Waals surface area contributed by atoms with Crippen LogP contribution in [0.5, 0.6) is 0 Å². The fourth-order valence-corrected chi connectivity index (χ4v) is 5.27. The maximum absolute atomic E-state index is 13.3. The van der Waals surface area contributed by atoms with Gasteiger partial charge in [0, 0.05) is 30.0 Å². The second-order valence-electron chi connectivity index (χ2n) is 8.94. The van der Waals surface area contributed by atoms with E-state index in [1.165, 1.54) is 6.42 Å². The first-order valence-corrected chi connectivity index (χ1v) is 12.1. The molecule has 176 valence electrons. The van der Waals surface area contributed by atoms with Crippen LogP contribution >= 0.6 is 23.2 Å². The number of hydrogen-bond acceptors (Lipinski definition) is 4. The standard InChI is InChI=1S/C25H29Cl2N3O3/c1-14-15(2)28-16(3)20(14)23(31)21-22(17-7-8-18(26)19(27)13-17)30(25(33)24(21)32)12-11-29-9-5-4-6-10-29/h7-8,13,22,28,31H,4-6,9-12H2,1-3H3/b23-21+. The molecule has 1 unspecified atom stereocenters. The molecule has 1 aromatic heterocycles. The third-order valence-corrected chi connectivity index (χ3v) is 7.57. The van der Waals surface area contributed by atoms with Gasteiger partial charge in [0.25, 0.3) is 11.7 Å². The minimum absolute atomic E-state index is 0.0854. The Morgan fingerprint density at radius 2 is 1.73 bits per heavy atom. The molecule has 2 fully saturated rings. The molecule has 4 rings (SSSR count). The van der Waals surface area contributed by atoms with Gasteiger partial charge in [0.05, 0.1) is 21.7 Å². The van der Waals surface area contributed by atoms with Crippen molar-refractivity contribution < 1.29 is 14.7 Å². The number of H-pyrrole nitrogens is 1. The molecule has 0 aliphatic carbocycles. The van der Waals surface area contributed by atoms with Gasteiger partial charge >= 0.3 is 0 Å². The van der Waals surface area contributed by atoms with Crippen molar-refractivity contribution in [3.8, 4) is 0 Å². The maximum atomic E-state index is 13.3. The highest BCUT2D eigenvalue weighted by atomic mass is 35.5. The summed E-state index contributed by atoms with van der Waals surface area (Å²) in [6.07, 6.45) is 3.50. The van der Waals surface area contributed by atoms with Gasteiger partial charge in [-0.1, -0.05) is 35.7 Å². The van der Waals surface area contributed by atoms with Gasteiger partial charge in [-0.3, -0.25) is 9.59 Å². The minimum Gasteiger partial charge on any atom is -0.507 e. The first kappa shape index (κ1) is 23.9. The van der Waals surface area contributed by atoms with E-state index >= 15 is 0 Å². The molecule has 8 heteroatoms. The van der Waals surface area contributed by atoms with Crippen LogP contribution < -0.4 is 0 Å². The van der Waals surface area contributed by atoms with Gasteiger partial charge in [-0.25, -0.2) is 0 Å². The van der Waals surface area contributed by atoms with Gasteiger partial charge in [-0.2, -0.15) is 0 Å². The summed E-state index contributed by atoms with van der Waals surface area (Å²) in [5, 5.41) is 12.1. The number of aliphatic hydroxyl groups excluding tert-OH is 1. The average Bonchev–Trinajstić information content (AvgIpc) is 3.20. The molecule has 2 N–H and O–H groups in total. The van der Waals surface area contributed by atoms with Gasteiger partial charge in [0.15, 0.2) is 0 Å². The molecular formula is C25H29Cl2N3O3. The second-order valence-corrected chi connectivity index (χ2v) is 9.76. The third-order valence-electron chi connectivity index (χ3n) is 6.83. The monoisotopic (exact) mass is 489 g/mol. The number of ketones is 1. The first-order chi connectivity index (χ1) is 15.7. The predicted molar refractivity (Wildman–Crippen MR) is 131 cm³/mol. The van der Waals surface area contributed by atoms with Crippen molar-refractivity contribution in [1.82, 2.24) is 14.8 Å². The summed E-state index contributed by atoms with van der Waals surface area (Å²) in [6.45, 7) is 8.67. The molecule has 3 heterocycles. The summed E-state index contributed by atoms with van der Waals surface area (Å²) in [5.41, 5.74) is 3.78. The van der Waals surface area contributed by atoms with Crippen molar-refractivity contribution in [2.75, 3.05) is 26.2 Å². The average molecular weight is 490 g/mol. The van der Waals surface area contributed by atoms with Crippen LogP contribution in [0.4, 0.5) is 0 Å². The van der Waals surface area contributed by atoms with Crippen LogP contribution in [0, 0.1) is 20.8 Å². The maximum Gasteiger partial charge on any atom is 0.295 e. The van der Waals surface area contributed by atoms with Gasteiger partial charge in [-0.15, -0.1) is 0 Å². The zero-order valence-electron chi connectivity index (χ0n) is 19.2. The van der Waals surface area contributed by atoms with Crippen LogP contribution in [0.1, 0.15) is 53.4 Å². The van der Waals surface area contributed by atoms with Crippen molar-refractivity contribution in [1.29, 1.82) is 0 Å². The number of rotatable bonds is 5. The Kier molecular flexibility index (Phi) is 6.89. The van der Waals surface area contributed by atoms with E-state index in [9.17, 15) is 14.7 Å². The smallest absolute Gasteiger partial charge is 0.295 e. The number of aromatic amines is 1. The molecule has 2 aliphatic heterocycles. The number of aliphatic hydroxyl groups is 1. The molecule has 1 amide bonds. The van der Waals surface area contributed by atoms with E-state index in [2.05, 4.69) is 9.88 Å². The zero-order chi connectivity index (χ0) is 23.9. The van der Waals surface area contributed by atoms with Crippen molar-refractivity contribution in [3.63, 3.8) is 0 Å². The van der Waals surface area contributed by atoms with Crippen LogP contribution in [0.2, 0.25) is 10.0 Å². The fourth-order valence-electron chi connectivity index (χ4n) is 4.97. The molecule has 1 aromatic carbocycles. The molecule has 33 heavy (non-hydrogen) atoms. The molecule has 0 radical (unpaired) electrons. The van der Waals surface area contributed by atoms with Crippen molar-refractivity contribution in [2.24, 2.45) is 0 Å². The molecule has 2 aromatic rings. The zero-order valence-corrected chi connectivity index (χ0v) is 20.7. The van der Waals surface area contributed by atoms with Gasteiger partial charge in [0.1, 0.15) is 5.76 Å².